The average Bonchev–Trinajstić information content (AvgIpc) is 3.21. The third kappa shape index (κ3) is 3.50. The van der Waals surface area contributed by atoms with Crippen LogP contribution in [0, 0.1) is 0 Å². The minimum atomic E-state index is -0.282. The summed E-state index contributed by atoms with van der Waals surface area (Å²) in [4.78, 5) is 12.2. The highest BCUT2D eigenvalue weighted by Gasteiger charge is 2.15. The van der Waals surface area contributed by atoms with E-state index in [4.69, 9.17) is 0 Å². The van der Waals surface area contributed by atoms with Crippen LogP contribution in [0.3, 0.4) is 0 Å². The van der Waals surface area contributed by atoms with E-state index in [0.29, 0.717) is 22.4 Å². The zero-order valence-electron chi connectivity index (χ0n) is 12.8. The number of nitrogens with zero attached hydrogens (tertiary/aromatic N) is 6. The fraction of sp³-hybridized carbons (Fsp3) is 0.286. The Kier molecular flexibility index (Phi) is 4.28. The molecular formula is C14H16BrN7O. The van der Waals surface area contributed by atoms with E-state index in [1.165, 1.54) is 0 Å². The van der Waals surface area contributed by atoms with E-state index in [1.807, 2.05) is 24.0 Å². The zero-order chi connectivity index (χ0) is 16.4. The molecule has 0 aromatic carbocycles. The number of hydrogen-bond donors (Lipinski definition) is 1. The van der Waals surface area contributed by atoms with Gasteiger partial charge in [0, 0.05) is 37.7 Å². The molecule has 0 aliphatic heterocycles. The van der Waals surface area contributed by atoms with E-state index in [-0.39, 0.29) is 5.91 Å². The van der Waals surface area contributed by atoms with Gasteiger partial charge >= 0.3 is 0 Å². The maximum Gasteiger partial charge on any atom is 0.277 e. The van der Waals surface area contributed by atoms with Crippen LogP contribution >= 0.6 is 15.9 Å². The highest BCUT2D eigenvalue weighted by molar-refractivity contribution is 9.10. The summed E-state index contributed by atoms with van der Waals surface area (Å²) in [5.41, 5.74) is 2.01. The molecule has 3 rings (SSSR count). The number of carbonyl (C=O) groups excluding carboxylic acids is 1. The summed E-state index contributed by atoms with van der Waals surface area (Å²) in [5.74, 6) is -0.282. The van der Waals surface area contributed by atoms with Crippen LogP contribution in [0.4, 0.5) is 5.69 Å². The first-order chi connectivity index (χ1) is 11.0. The van der Waals surface area contributed by atoms with E-state index < -0.39 is 0 Å². The second-order valence-electron chi connectivity index (χ2n) is 5.08. The van der Waals surface area contributed by atoms with Crippen molar-refractivity contribution in [1.29, 1.82) is 0 Å². The maximum absolute atomic E-state index is 12.2. The Labute approximate surface area is 141 Å². The standard InChI is InChI=1S/C14H16BrN7O/c1-3-21-6-10(4-16-21)7-22-8-11(5-17-22)18-14(23)13-12(15)9-20(2)19-13/h4-6,8-9H,3,7H2,1-2H3,(H,18,23). The number of aryl methyl sites for hydroxylation is 2. The lowest BCUT2D eigenvalue weighted by Crippen LogP contribution is -2.13. The molecule has 0 aliphatic rings. The molecule has 0 radical (unpaired) electrons. The second kappa shape index (κ2) is 6.37. The molecule has 0 saturated carbocycles. The molecule has 1 N–H and O–H groups in total. The fourth-order valence-electron chi connectivity index (χ4n) is 2.17. The average molecular weight is 378 g/mol. The van der Waals surface area contributed by atoms with Gasteiger partial charge in [-0.1, -0.05) is 0 Å². The SMILES string of the molecule is CCn1cc(Cn2cc(NC(=O)c3nn(C)cc3Br)cn2)cn1. The number of aromatic nitrogens is 6. The number of hydrogen-bond acceptors (Lipinski definition) is 4. The van der Waals surface area contributed by atoms with Gasteiger partial charge in [0.2, 0.25) is 0 Å². The normalized spacial score (nSPS) is 10.9. The van der Waals surface area contributed by atoms with Gasteiger partial charge in [0.05, 0.1) is 29.1 Å². The summed E-state index contributed by atoms with van der Waals surface area (Å²) >= 11 is 3.32. The predicted molar refractivity (Wildman–Crippen MR) is 88.1 cm³/mol. The van der Waals surface area contributed by atoms with Crippen molar-refractivity contribution in [2.75, 3.05) is 5.32 Å². The van der Waals surface area contributed by atoms with Crippen molar-refractivity contribution in [3.05, 3.63) is 46.7 Å². The van der Waals surface area contributed by atoms with Gasteiger partial charge in [-0.3, -0.25) is 18.8 Å². The van der Waals surface area contributed by atoms with Crippen LogP contribution in [-0.4, -0.2) is 35.2 Å². The maximum atomic E-state index is 12.2. The number of rotatable bonds is 5. The highest BCUT2D eigenvalue weighted by Crippen LogP contribution is 2.16. The minimum absolute atomic E-state index is 0.282. The van der Waals surface area contributed by atoms with Crippen molar-refractivity contribution in [3.8, 4) is 0 Å². The molecule has 0 bridgehead atoms. The lowest BCUT2D eigenvalue weighted by Gasteiger charge is -2.00. The van der Waals surface area contributed by atoms with Crippen LogP contribution in [0.25, 0.3) is 0 Å². The van der Waals surface area contributed by atoms with Crippen LogP contribution in [0.5, 0.6) is 0 Å². The van der Waals surface area contributed by atoms with Crippen LogP contribution in [0.2, 0.25) is 0 Å². The monoisotopic (exact) mass is 377 g/mol. The van der Waals surface area contributed by atoms with E-state index in [0.717, 1.165) is 12.1 Å². The Morgan fingerprint density at radius 3 is 2.65 bits per heavy atom. The molecule has 0 fully saturated rings. The fourth-order valence-corrected chi connectivity index (χ4v) is 2.72. The lowest BCUT2D eigenvalue weighted by atomic mass is 10.3. The van der Waals surface area contributed by atoms with Crippen molar-refractivity contribution >= 4 is 27.5 Å². The van der Waals surface area contributed by atoms with Crippen molar-refractivity contribution in [2.24, 2.45) is 7.05 Å². The lowest BCUT2D eigenvalue weighted by molar-refractivity contribution is 0.102. The first-order valence-electron chi connectivity index (χ1n) is 7.09. The molecule has 0 atom stereocenters. The number of halogens is 1. The van der Waals surface area contributed by atoms with Gasteiger partial charge in [-0.15, -0.1) is 0 Å². The molecule has 8 nitrogen and oxygen atoms in total. The van der Waals surface area contributed by atoms with E-state index in [2.05, 4.69) is 36.5 Å². The second-order valence-corrected chi connectivity index (χ2v) is 5.94. The third-order valence-electron chi connectivity index (χ3n) is 3.25. The summed E-state index contributed by atoms with van der Waals surface area (Å²) in [7, 11) is 1.76. The Morgan fingerprint density at radius 1 is 1.22 bits per heavy atom. The number of nitrogens with one attached hydrogen (secondary N) is 1. The molecule has 9 heteroatoms. The van der Waals surface area contributed by atoms with Gasteiger partial charge in [-0.25, -0.2) is 0 Å². The molecule has 1 amide bonds. The van der Waals surface area contributed by atoms with E-state index in [9.17, 15) is 4.79 Å². The summed E-state index contributed by atoms with van der Waals surface area (Å²) in [6, 6.07) is 0. The van der Waals surface area contributed by atoms with Crippen LogP contribution < -0.4 is 5.32 Å². The molecule has 0 saturated heterocycles. The summed E-state index contributed by atoms with van der Waals surface area (Å²) in [5, 5.41) is 15.4. The summed E-state index contributed by atoms with van der Waals surface area (Å²) in [6.45, 7) is 3.47. The van der Waals surface area contributed by atoms with Crippen molar-refractivity contribution in [1.82, 2.24) is 29.3 Å². The molecule has 0 spiro atoms. The van der Waals surface area contributed by atoms with Crippen molar-refractivity contribution in [3.63, 3.8) is 0 Å². The smallest absolute Gasteiger partial charge is 0.277 e. The Balaban J connectivity index is 1.67. The zero-order valence-corrected chi connectivity index (χ0v) is 14.4. The number of carbonyl (C=O) groups is 1. The molecule has 3 aromatic rings. The molecule has 0 aliphatic carbocycles. The van der Waals surface area contributed by atoms with Gasteiger partial charge in [-0.05, 0) is 22.9 Å². The van der Waals surface area contributed by atoms with Gasteiger partial charge in [-0.2, -0.15) is 15.3 Å². The Hall–Kier alpha value is -2.42. The predicted octanol–water partition coefficient (Wildman–Crippen LogP) is 1.90. The third-order valence-corrected chi connectivity index (χ3v) is 3.83. The molecular weight excluding hydrogens is 362 g/mol. The summed E-state index contributed by atoms with van der Waals surface area (Å²) < 4.78 is 5.84. The van der Waals surface area contributed by atoms with Gasteiger partial charge in [0.15, 0.2) is 5.69 Å². The number of amides is 1. The van der Waals surface area contributed by atoms with Crippen LogP contribution in [0.15, 0.2) is 35.5 Å². The van der Waals surface area contributed by atoms with Crippen molar-refractivity contribution < 1.29 is 4.79 Å². The highest BCUT2D eigenvalue weighted by atomic mass is 79.9. The Bertz CT molecular complexity index is 832. The van der Waals surface area contributed by atoms with E-state index >= 15 is 0 Å². The molecule has 3 aromatic heterocycles. The topological polar surface area (TPSA) is 82.6 Å². The quantitative estimate of drug-likeness (QED) is 0.735. The largest absolute Gasteiger partial charge is 0.318 e. The van der Waals surface area contributed by atoms with Crippen LogP contribution in [0.1, 0.15) is 23.0 Å². The molecule has 120 valence electrons. The van der Waals surface area contributed by atoms with Crippen molar-refractivity contribution in [2.45, 2.75) is 20.0 Å². The first kappa shape index (κ1) is 15.5. The first-order valence-corrected chi connectivity index (χ1v) is 7.88. The van der Waals surface area contributed by atoms with Gasteiger partial charge in [0.1, 0.15) is 0 Å². The van der Waals surface area contributed by atoms with Gasteiger partial charge < -0.3 is 5.32 Å². The minimum Gasteiger partial charge on any atom is -0.318 e. The van der Waals surface area contributed by atoms with Gasteiger partial charge in [0.25, 0.3) is 5.91 Å². The van der Waals surface area contributed by atoms with Crippen LogP contribution in [-0.2, 0) is 20.1 Å². The molecule has 23 heavy (non-hydrogen) atoms. The molecule has 3 heterocycles. The number of anilines is 1. The summed E-state index contributed by atoms with van der Waals surface area (Å²) in [6.07, 6.45) is 8.90. The molecule has 0 unspecified atom stereocenters. The Morgan fingerprint density at radius 2 is 2.00 bits per heavy atom. The van der Waals surface area contributed by atoms with E-state index in [1.54, 1.807) is 35.0 Å².